The monoisotopic (exact) mass is 250 g/mol. The highest BCUT2D eigenvalue weighted by Crippen LogP contribution is 2.28. The highest BCUT2D eigenvalue weighted by molar-refractivity contribution is 5.05. The van der Waals surface area contributed by atoms with E-state index in [9.17, 15) is 0 Å². The molecule has 0 aromatic carbocycles. The van der Waals surface area contributed by atoms with Crippen molar-refractivity contribution >= 4 is 0 Å². The van der Waals surface area contributed by atoms with Crippen LogP contribution in [0.15, 0.2) is 0 Å². The molecule has 2 heterocycles. The van der Waals surface area contributed by atoms with Gasteiger partial charge >= 0.3 is 0 Å². The average molecular weight is 250 g/mol. The zero-order valence-electron chi connectivity index (χ0n) is 11.7. The van der Waals surface area contributed by atoms with Gasteiger partial charge in [-0.2, -0.15) is 0 Å². The number of hydrogen-bond acceptors (Lipinski definition) is 3. The van der Waals surface area contributed by atoms with Gasteiger partial charge in [-0.05, 0) is 31.7 Å². The first-order valence-corrected chi connectivity index (χ1v) is 7.42. The molecule has 0 radical (unpaired) electrons. The Morgan fingerprint density at radius 2 is 2.22 bits per heavy atom. The molecule has 0 spiro atoms. The van der Waals surface area contributed by atoms with E-state index in [2.05, 4.69) is 28.6 Å². The molecule has 2 N–H and O–H groups in total. The van der Waals surface area contributed by atoms with E-state index in [1.54, 1.807) is 0 Å². The van der Waals surface area contributed by atoms with Crippen LogP contribution in [0.3, 0.4) is 0 Å². The summed E-state index contributed by atoms with van der Waals surface area (Å²) >= 11 is 0. The Kier molecular flexibility index (Phi) is 4.75. The topological polar surface area (TPSA) is 56.7 Å². The molecule has 102 valence electrons. The molecule has 0 aliphatic carbocycles. The number of nitrogens with zero attached hydrogens (tertiary/aromatic N) is 3. The number of nitrogens with two attached hydrogens (primary N) is 1. The van der Waals surface area contributed by atoms with Crippen LogP contribution in [-0.4, -0.2) is 21.3 Å². The summed E-state index contributed by atoms with van der Waals surface area (Å²) < 4.78 is 2.35. The predicted molar refractivity (Wildman–Crippen MR) is 73.4 cm³/mol. The van der Waals surface area contributed by atoms with Crippen LogP contribution >= 0.6 is 0 Å². The SMILES string of the molecule is CCCCC(CC)c1nnc2n1CC(CN)CC2. The fourth-order valence-electron chi connectivity index (χ4n) is 2.88. The number of fused-ring (bicyclic) bond motifs is 1. The Morgan fingerprint density at radius 1 is 1.39 bits per heavy atom. The molecule has 0 saturated carbocycles. The van der Waals surface area contributed by atoms with Crippen molar-refractivity contribution in [3.8, 4) is 0 Å². The van der Waals surface area contributed by atoms with Crippen molar-refractivity contribution in [3.05, 3.63) is 11.6 Å². The number of hydrogen-bond donors (Lipinski definition) is 1. The Labute approximate surface area is 110 Å². The third kappa shape index (κ3) is 2.74. The fourth-order valence-corrected chi connectivity index (χ4v) is 2.88. The number of unbranched alkanes of at least 4 members (excludes halogenated alkanes) is 1. The summed E-state index contributed by atoms with van der Waals surface area (Å²) in [6, 6.07) is 0. The summed E-state index contributed by atoms with van der Waals surface area (Å²) in [6.07, 6.45) is 7.13. The fraction of sp³-hybridized carbons (Fsp3) is 0.857. The van der Waals surface area contributed by atoms with E-state index < -0.39 is 0 Å². The number of aryl methyl sites for hydroxylation is 1. The minimum absolute atomic E-state index is 0.572. The van der Waals surface area contributed by atoms with Crippen molar-refractivity contribution in [2.45, 2.75) is 64.8 Å². The van der Waals surface area contributed by atoms with Gasteiger partial charge in [-0.3, -0.25) is 0 Å². The highest BCUT2D eigenvalue weighted by Gasteiger charge is 2.25. The summed E-state index contributed by atoms with van der Waals surface area (Å²) in [5.74, 6) is 3.56. The standard InChI is InChI=1S/C14H26N4/c1-3-5-6-12(4-2)14-17-16-13-8-7-11(9-15)10-18(13)14/h11-12H,3-10,15H2,1-2H3. The van der Waals surface area contributed by atoms with Crippen LogP contribution in [-0.2, 0) is 13.0 Å². The molecule has 0 saturated heterocycles. The maximum Gasteiger partial charge on any atom is 0.136 e. The van der Waals surface area contributed by atoms with E-state index >= 15 is 0 Å². The van der Waals surface area contributed by atoms with E-state index in [1.165, 1.54) is 37.3 Å². The summed E-state index contributed by atoms with van der Waals surface area (Å²) in [6.45, 7) is 6.31. The molecule has 1 aromatic rings. The third-order valence-corrected chi connectivity index (χ3v) is 4.17. The average Bonchev–Trinajstić information content (AvgIpc) is 2.83. The molecule has 18 heavy (non-hydrogen) atoms. The second-order valence-electron chi connectivity index (χ2n) is 5.47. The zero-order valence-corrected chi connectivity index (χ0v) is 11.7. The molecule has 0 amide bonds. The molecular weight excluding hydrogens is 224 g/mol. The van der Waals surface area contributed by atoms with Crippen LogP contribution in [0.4, 0.5) is 0 Å². The van der Waals surface area contributed by atoms with Crippen molar-refractivity contribution < 1.29 is 0 Å². The smallest absolute Gasteiger partial charge is 0.136 e. The van der Waals surface area contributed by atoms with E-state index in [1.807, 2.05) is 0 Å². The summed E-state index contributed by atoms with van der Waals surface area (Å²) in [5.41, 5.74) is 5.81. The van der Waals surface area contributed by atoms with Crippen molar-refractivity contribution in [2.24, 2.45) is 11.7 Å². The molecule has 2 atom stereocenters. The number of aromatic nitrogens is 3. The lowest BCUT2D eigenvalue weighted by Crippen LogP contribution is -2.28. The second kappa shape index (κ2) is 6.32. The maximum atomic E-state index is 5.81. The van der Waals surface area contributed by atoms with Gasteiger partial charge in [0.1, 0.15) is 11.6 Å². The highest BCUT2D eigenvalue weighted by atomic mass is 15.3. The van der Waals surface area contributed by atoms with Crippen molar-refractivity contribution in [2.75, 3.05) is 6.54 Å². The van der Waals surface area contributed by atoms with E-state index in [0.717, 1.165) is 25.9 Å². The summed E-state index contributed by atoms with van der Waals surface area (Å²) in [7, 11) is 0. The molecule has 2 rings (SSSR count). The summed E-state index contributed by atoms with van der Waals surface area (Å²) in [4.78, 5) is 0. The maximum absolute atomic E-state index is 5.81. The lowest BCUT2D eigenvalue weighted by molar-refractivity contribution is 0.358. The van der Waals surface area contributed by atoms with E-state index in [-0.39, 0.29) is 0 Å². The Hall–Kier alpha value is -0.900. The normalized spacial score (nSPS) is 20.7. The number of rotatable bonds is 6. The van der Waals surface area contributed by atoms with Crippen LogP contribution in [0.1, 0.15) is 63.5 Å². The van der Waals surface area contributed by atoms with Crippen LogP contribution in [0, 0.1) is 5.92 Å². The molecule has 0 fully saturated rings. The quantitative estimate of drug-likeness (QED) is 0.844. The lowest BCUT2D eigenvalue weighted by atomic mass is 9.96. The van der Waals surface area contributed by atoms with Gasteiger partial charge in [0.25, 0.3) is 0 Å². The first-order chi connectivity index (χ1) is 8.80. The van der Waals surface area contributed by atoms with Crippen LogP contribution in [0.25, 0.3) is 0 Å². The first-order valence-electron chi connectivity index (χ1n) is 7.42. The van der Waals surface area contributed by atoms with E-state index in [0.29, 0.717) is 11.8 Å². The molecule has 1 aliphatic rings. The third-order valence-electron chi connectivity index (χ3n) is 4.17. The Balaban J connectivity index is 2.15. The van der Waals surface area contributed by atoms with Gasteiger partial charge in [0.05, 0.1) is 0 Å². The van der Waals surface area contributed by atoms with Crippen molar-refractivity contribution in [1.29, 1.82) is 0 Å². The first kappa shape index (κ1) is 13.5. The second-order valence-corrected chi connectivity index (χ2v) is 5.47. The van der Waals surface area contributed by atoms with Gasteiger partial charge in [0.15, 0.2) is 0 Å². The van der Waals surface area contributed by atoms with Crippen LogP contribution < -0.4 is 5.73 Å². The predicted octanol–water partition coefficient (Wildman–Crippen LogP) is 2.48. The molecule has 1 aliphatic heterocycles. The largest absolute Gasteiger partial charge is 0.330 e. The van der Waals surface area contributed by atoms with Gasteiger partial charge in [-0.15, -0.1) is 10.2 Å². The minimum Gasteiger partial charge on any atom is -0.330 e. The van der Waals surface area contributed by atoms with Gasteiger partial charge < -0.3 is 10.3 Å². The van der Waals surface area contributed by atoms with Crippen LogP contribution in [0.2, 0.25) is 0 Å². The minimum atomic E-state index is 0.572. The summed E-state index contributed by atoms with van der Waals surface area (Å²) in [5, 5.41) is 8.84. The van der Waals surface area contributed by atoms with Crippen molar-refractivity contribution in [1.82, 2.24) is 14.8 Å². The lowest BCUT2D eigenvalue weighted by Gasteiger charge is -2.25. The van der Waals surface area contributed by atoms with Gasteiger partial charge in [0.2, 0.25) is 0 Å². The van der Waals surface area contributed by atoms with Gasteiger partial charge in [0, 0.05) is 18.9 Å². The molecule has 4 nitrogen and oxygen atoms in total. The molecular formula is C14H26N4. The van der Waals surface area contributed by atoms with Gasteiger partial charge in [-0.25, -0.2) is 0 Å². The Bertz CT molecular complexity index is 372. The van der Waals surface area contributed by atoms with Crippen molar-refractivity contribution in [3.63, 3.8) is 0 Å². The Morgan fingerprint density at radius 3 is 2.89 bits per heavy atom. The molecule has 2 unspecified atom stereocenters. The van der Waals surface area contributed by atoms with Gasteiger partial charge in [-0.1, -0.05) is 26.7 Å². The molecule has 4 heteroatoms. The molecule has 1 aromatic heterocycles. The zero-order chi connectivity index (χ0) is 13.0. The van der Waals surface area contributed by atoms with Crippen LogP contribution in [0.5, 0.6) is 0 Å². The van der Waals surface area contributed by atoms with E-state index in [4.69, 9.17) is 5.73 Å². The molecule has 0 bridgehead atoms.